The highest BCUT2D eigenvalue weighted by atomic mass is 16.4. The molecule has 2 N–H and O–H groups in total. The SMILES string of the molecule is Cc1c(C(=O)NC2CCNC(C)C2)c(=O)oc2ccccc12. The lowest BCUT2D eigenvalue weighted by Gasteiger charge is -2.28. The van der Waals surface area contributed by atoms with Crippen LogP contribution >= 0.6 is 0 Å². The Morgan fingerprint density at radius 3 is 2.91 bits per heavy atom. The number of hydrogen-bond acceptors (Lipinski definition) is 4. The summed E-state index contributed by atoms with van der Waals surface area (Å²) in [6, 6.07) is 7.73. The van der Waals surface area contributed by atoms with E-state index in [-0.39, 0.29) is 17.5 Å². The van der Waals surface area contributed by atoms with Crippen molar-refractivity contribution in [2.75, 3.05) is 6.54 Å². The predicted octanol–water partition coefficient (Wildman–Crippen LogP) is 1.97. The van der Waals surface area contributed by atoms with E-state index in [1.165, 1.54) is 0 Å². The zero-order valence-corrected chi connectivity index (χ0v) is 12.8. The zero-order valence-electron chi connectivity index (χ0n) is 12.8. The Morgan fingerprint density at radius 1 is 1.36 bits per heavy atom. The van der Waals surface area contributed by atoms with Crippen molar-refractivity contribution in [2.45, 2.75) is 38.8 Å². The molecule has 0 radical (unpaired) electrons. The van der Waals surface area contributed by atoms with Crippen LogP contribution in [0.2, 0.25) is 0 Å². The molecule has 1 aromatic heterocycles. The van der Waals surface area contributed by atoms with Gasteiger partial charge in [-0.1, -0.05) is 18.2 Å². The number of nitrogens with one attached hydrogen (secondary N) is 2. The van der Waals surface area contributed by atoms with Gasteiger partial charge in [0.25, 0.3) is 5.91 Å². The van der Waals surface area contributed by atoms with Crippen molar-refractivity contribution in [1.29, 1.82) is 0 Å². The average Bonchev–Trinajstić information content (AvgIpc) is 2.47. The van der Waals surface area contributed by atoms with Crippen molar-refractivity contribution < 1.29 is 9.21 Å². The van der Waals surface area contributed by atoms with Crippen molar-refractivity contribution in [3.8, 4) is 0 Å². The minimum atomic E-state index is -0.573. The van der Waals surface area contributed by atoms with E-state index in [2.05, 4.69) is 17.6 Å². The monoisotopic (exact) mass is 300 g/mol. The fraction of sp³-hybridized carbons (Fsp3) is 0.412. The van der Waals surface area contributed by atoms with E-state index in [0.29, 0.717) is 17.2 Å². The average molecular weight is 300 g/mol. The third-order valence-electron chi connectivity index (χ3n) is 4.26. The van der Waals surface area contributed by atoms with Crippen molar-refractivity contribution in [3.05, 3.63) is 45.8 Å². The van der Waals surface area contributed by atoms with Crippen molar-refractivity contribution in [3.63, 3.8) is 0 Å². The predicted molar refractivity (Wildman–Crippen MR) is 85.2 cm³/mol. The van der Waals surface area contributed by atoms with Gasteiger partial charge in [-0.05, 0) is 44.9 Å². The Kier molecular flexibility index (Phi) is 3.98. The van der Waals surface area contributed by atoms with E-state index in [0.717, 1.165) is 24.8 Å². The van der Waals surface area contributed by atoms with Gasteiger partial charge >= 0.3 is 5.63 Å². The Labute approximate surface area is 128 Å². The number of para-hydroxylation sites is 1. The largest absolute Gasteiger partial charge is 0.422 e. The summed E-state index contributed by atoms with van der Waals surface area (Å²) >= 11 is 0. The molecule has 5 nitrogen and oxygen atoms in total. The quantitative estimate of drug-likeness (QED) is 0.832. The van der Waals surface area contributed by atoms with Crippen molar-refractivity contribution in [2.24, 2.45) is 0 Å². The maximum Gasteiger partial charge on any atom is 0.349 e. The Bertz CT molecular complexity index is 766. The van der Waals surface area contributed by atoms with Gasteiger partial charge in [0.2, 0.25) is 0 Å². The topological polar surface area (TPSA) is 71.3 Å². The number of carbonyl (C=O) groups excluding carboxylic acids is 1. The highest BCUT2D eigenvalue weighted by Crippen LogP contribution is 2.19. The molecule has 3 rings (SSSR count). The molecule has 2 atom stereocenters. The van der Waals surface area contributed by atoms with Crippen LogP contribution in [0.3, 0.4) is 0 Å². The van der Waals surface area contributed by atoms with E-state index in [4.69, 9.17) is 4.42 Å². The van der Waals surface area contributed by atoms with Crippen LogP contribution in [0.25, 0.3) is 11.0 Å². The number of rotatable bonds is 2. The number of fused-ring (bicyclic) bond motifs is 1. The van der Waals surface area contributed by atoms with Gasteiger partial charge in [-0.15, -0.1) is 0 Å². The van der Waals surface area contributed by atoms with Crippen LogP contribution in [-0.4, -0.2) is 24.5 Å². The molecule has 1 aromatic carbocycles. The van der Waals surface area contributed by atoms with Crippen molar-refractivity contribution in [1.82, 2.24) is 10.6 Å². The summed E-state index contributed by atoms with van der Waals surface area (Å²) in [7, 11) is 0. The molecule has 1 aliphatic rings. The summed E-state index contributed by atoms with van der Waals surface area (Å²) in [5, 5.41) is 7.11. The third kappa shape index (κ3) is 2.76. The first kappa shape index (κ1) is 14.8. The van der Waals surface area contributed by atoms with E-state index >= 15 is 0 Å². The fourth-order valence-corrected chi connectivity index (χ4v) is 3.09. The summed E-state index contributed by atoms with van der Waals surface area (Å²) in [6.07, 6.45) is 1.73. The fourth-order valence-electron chi connectivity index (χ4n) is 3.09. The molecule has 5 heteroatoms. The maximum atomic E-state index is 12.5. The van der Waals surface area contributed by atoms with Crippen LogP contribution in [0.4, 0.5) is 0 Å². The van der Waals surface area contributed by atoms with Gasteiger partial charge in [0.15, 0.2) is 0 Å². The van der Waals surface area contributed by atoms with Gasteiger partial charge in [0.05, 0.1) is 0 Å². The van der Waals surface area contributed by atoms with Crippen LogP contribution in [0.5, 0.6) is 0 Å². The van der Waals surface area contributed by atoms with Gasteiger partial charge in [-0.3, -0.25) is 4.79 Å². The zero-order chi connectivity index (χ0) is 15.7. The molecule has 1 fully saturated rings. The van der Waals surface area contributed by atoms with E-state index in [9.17, 15) is 9.59 Å². The van der Waals surface area contributed by atoms with Gasteiger partial charge in [-0.25, -0.2) is 4.79 Å². The van der Waals surface area contributed by atoms with Crippen LogP contribution in [0.1, 0.15) is 35.7 Å². The van der Waals surface area contributed by atoms with Crippen LogP contribution in [0.15, 0.2) is 33.5 Å². The number of piperidine rings is 1. The summed E-state index contributed by atoms with van der Waals surface area (Å²) in [5.41, 5.74) is 0.726. The first-order chi connectivity index (χ1) is 10.6. The maximum absolute atomic E-state index is 12.5. The first-order valence-corrected chi connectivity index (χ1v) is 7.63. The third-order valence-corrected chi connectivity index (χ3v) is 4.26. The smallest absolute Gasteiger partial charge is 0.349 e. The molecule has 0 saturated carbocycles. The summed E-state index contributed by atoms with van der Waals surface area (Å²) in [5.74, 6) is -0.337. The Balaban J connectivity index is 1.92. The molecule has 116 valence electrons. The number of hydrogen-bond donors (Lipinski definition) is 2. The number of carbonyl (C=O) groups is 1. The number of amides is 1. The summed E-state index contributed by atoms with van der Waals surface area (Å²) in [4.78, 5) is 24.7. The molecule has 2 heterocycles. The Morgan fingerprint density at radius 2 is 2.14 bits per heavy atom. The van der Waals surface area contributed by atoms with Crippen LogP contribution < -0.4 is 16.3 Å². The minimum absolute atomic E-state index is 0.0917. The molecule has 0 aliphatic carbocycles. The van der Waals surface area contributed by atoms with E-state index in [1.807, 2.05) is 12.1 Å². The molecule has 22 heavy (non-hydrogen) atoms. The molecule has 0 spiro atoms. The van der Waals surface area contributed by atoms with E-state index < -0.39 is 5.63 Å². The second kappa shape index (κ2) is 5.93. The lowest BCUT2D eigenvalue weighted by Crippen LogP contribution is -2.47. The Hall–Kier alpha value is -2.14. The number of benzene rings is 1. The molecule has 1 aliphatic heterocycles. The lowest BCUT2D eigenvalue weighted by molar-refractivity contribution is 0.0921. The molecule has 2 aromatic rings. The van der Waals surface area contributed by atoms with Gasteiger partial charge in [-0.2, -0.15) is 0 Å². The normalized spacial score (nSPS) is 21.7. The molecular weight excluding hydrogens is 280 g/mol. The van der Waals surface area contributed by atoms with E-state index in [1.54, 1.807) is 19.1 Å². The van der Waals surface area contributed by atoms with Crippen LogP contribution in [0, 0.1) is 6.92 Å². The standard InChI is InChI=1S/C17H20N2O3/c1-10-9-12(7-8-18-10)19-16(20)15-11(2)13-5-3-4-6-14(13)22-17(15)21/h3-6,10,12,18H,7-9H2,1-2H3,(H,19,20). The summed E-state index contributed by atoms with van der Waals surface area (Å²) < 4.78 is 5.28. The second-order valence-corrected chi connectivity index (χ2v) is 5.94. The van der Waals surface area contributed by atoms with Crippen LogP contribution in [-0.2, 0) is 0 Å². The lowest BCUT2D eigenvalue weighted by atomic mass is 9.99. The molecule has 1 saturated heterocycles. The van der Waals surface area contributed by atoms with Gasteiger partial charge in [0.1, 0.15) is 11.1 Å². The summed E-state index contributed by atoms with van der Waals surface area (Å²) in [6.45, 7) is 4.75. The molecular formula is C17H20N2O3. The molecule has 1 amide bonds. The molecule has 2 unspecified atom stereocenters. The minimum Gasteiger partial charge on any atom is -0.422 e. The highest BCUT2D eigenvalue weighted by Gasteiger charge is 2.24. The van der Waals surface area contributed by atoms with Gasteiger partial charge < -0.3 is 15.1 Å². The molecule has 0 bridgehead atoms. The highest BCUT2D eigenvalue weighted by molar-refractivity contribution is 5.99. The van der Waals surface area contributed by atoms with Crippen molar-refractivity contribution >= 4 is 16.9 Å². The first-order valence-electron chi connectivity index (χ1n) is 7.63. The second-order valence-electron chi connectivity index (χ2n) is 5.94. The number of aryl methyl sites for hydroxylation is 1. The van der Waals surface area contributed by atoms with Gasteiger partial charge in [0, 0.05) is 17.5 Å².